The van der Waals surface area contributed by atoms with Crippen molar-refractivity contribution in [3.63, 3.8) is 0 Å². The van der Waals surface area contributed by atoms with Crippen molar-refractivity contribution in [2.24, 2.45) is 18.9 Å². The summed E-state index contributed by atoms with van der Waals surface area (Å²) in [5.74, 6) is 0.977. The summed E-state index contributed by atoms with van der Waals surface area (Å²) >= 11 is 12.5. The Balaban J connectivity index is 2.93. The molecule has 0 spiro atoms. The highest BCUT2D eigenvalue weighted by atomic mass is 35.5. The van der Waals surface area contributed by atoms with Crippen LogP contribution in [0.2, 0.25) is 5.15 Å². The van der Waals surface area contributed by atoms with Crippen molar-refractivity contribution in [3.8, 4) is 0 Å². The van der Waals surface area contributed by atoms with Crippen LogP contribution < -0.4 is 0 Å². The zero-order chi connectivity index (χ0) is 12.5. The van der Waals surface area contributed by atoms with Crippen molar-refractivity contribution in [2.75, 3.05) is 0 Å². The van der Waals surface area contributed by atoms with Gasteiger partial charge >= 0.3 is 0 Å². The lowest BCUT2D eigenvalue weighted by atomic mass is 9.87. The maximum atomic E-state index is 6.23. The highest BCUT2D eigenvalue weighted by Crippen LogP contribution is 2.29. The average Bonchev–Trinajstić information content (AvgIpc) is 2.38. The van der Waals surface area contributed by atoms with Gasteiger partial charge in [-0.3, -0.25) is 4.68 Å². The first kappa shape index (κ1) is 13.9. The largest absolute Gasteiger partial charge is 0.257 e. The topological polar surface area (TPSA) is 17.8 Å². The quantitative estimate of drug-likeness (QED) is 0.755. The van der Waals surface area contributed by atoms with Gasteiger partial charge in [0.25, 0.3) is 0 Å². The van der Waals surface area contributed by atoms with E-state index in [1.165, 1.54) is 0 Å². The van der Waals surface area contributed by atoms with Gasteiger partial charge in [0.15, 0.2) is 0 Å². The molecule has 1 heterocycles. The van der Waals surface area contributed by atoms with Crippen LogP contribution >= 0.6 is 23.2 Å². The van der Waals surface area contributed by atoms with Crippen LogP contribution in [0.5, 0.6) is 0 Å². The molecule has 2 atom stereocenters. The molecular weight excluding hydrogens is 243 g/mol. The number of halogens is 2. The first-order chi connectivity index (χ1) is 7.34. The van der Waals surface area contributed by atoms with Gasteiger partial charge in [-0.05, 0) is 32.1 Å². The van der Waals surface area contributed by atoms with Crippen LogP contribution in [0.3, 0.4) is 0 Å². The number of hydrogen-bond acceptors (Lipinski definition) is 1. The smallest absolute Gasteiger partial charge is 0.130 e. The Morgan fingerprint density at radius 3 is 2.19 bits per heavy atom. The van der Waals surface area contributed by atoms with Gasteiger partial charge in [0, 0.05) is 18.0 Å². The highest BCUT2D eigenvalue weighted by molar-refractivity contribution is 6.30. The molecule has 1 aromatic heterocycles. The third-order valence-corrected chi connectivity index (χ3v) is 3.95. The van der Waals surface area contributed by atoms with Crippen LogP contribution in [0.4, 0.5) is 0 Å². The van der Waals surface area contributed by atoms with E-state index in [1.807, 2.05) is 20.9 Å². The van der Waals surface area contributed by atoms with Crippen LogP contribution in [-0.4, -0.2) is 15.2 Å². The number of nitrogens with zero attached hydrogens (tertiary/aromatic N) is 2. The van der Waals surface area contributed by atoms with Gasteiger partial charge in [0.2, 0.25) is 0 Å². The van der Waals surface area contributed by atoms with E-state index in [-0.39, 0.29) is 5.38 Å². The number of hydrogen-bond donors (Lipinski definition) is 0. The SMILES string of the molecule is Cc1nn(C)c(Cl)c1CC(C(C)C)C(C)Cl. The van der Waals surface area contributed by atoms with E-state index in [2.05, 4.69) is 18.9 Å². The van der Waals surface area contributed by atoms with E-state index in [1.54, 1.807) is 4.68 Å². The van der Waals surface area contributed by atoms with Gasteiger partial charge in [0.05, 0.1) is 5.69 Å². The molecule has 1 aromatic rings. The molecule has 2 unspecified atom stereocenters. The third-order valence-electron chi connectivity index (χ3n) is 3.16. The van der Waals surface area contributed by atoms with Crippen LogP contribution in [0.15, 0.2) is 0 Å². The summed E-state index contributed by atoms with van der Waals surface area (Å²) in [6.07, 6.45) is 0.904. The molecule has 1 rings (SSSR count). The predicted molar refractivity (Wildman–Crippen MR) is 70.3 cm³/mol. The van der Waals surface area contributed by atoms with E-state index >= 15 is 0 Å². The van der Waals surface area contributed by atoms with Crippen molar-refractivity contribution in [1.82, 2.24) is 9.78 Å². The molecule has 0 amide bonds. The molecule has 0 aliphatic heterocycles. The van der Waals surface area contributed by atoms with E-state index in [0.29, 0.717) is 11.8 Å². The molecule has 0 saturated carbocycles. The average molecular weight is 263 g/mol. The summed E-state index contributed by atoms with van der Waals surface area (Å²) in [6.45, 7) is 8.44. The second-order valence-corrected chi connectivity index (χ2v) is 5.81. The fraction of sp³-hybridized carbons (Fsp3) is 0.750. The first-order valence-corrected chi connectivity index (χ1v) is 6.48. The van der Waals surface area contributed by atoms with Crippen LogP contribution in [0.25, 0.3) is 0 Å². The van der Waals surface area contributed by atoms with Crippen LogP contribution in [0.1, 0.15) is 32.0 Å². The Hall–Kier alpha value is -0.210. The van der Waals surface area contributed by atoms with E-state index in [9.17, 15) is 0 Å². The van der Waals surface area contributed by atoms with Gasteiger partial charge in [-0.15, -0.1) is 11.6 Å². The van der Waals surface area contributed by atoms with Crippen LogP contribution in [-0.2, 0) is 13.5 Å². The molecule has 92 valence electrons. The minimum atomic E-state index is 0.149. The molecule has 0 bridgehead atoms. The zero-order valence-corrected chi connectivity index (χ0v) is 12.1. The Morgan fingerprint density at radius 2 is 1.88 bits per heavy atom. The lowest BCUT2D eigenvalue weighted by molar-refractivity contribution is 0.376. The molecule has 0 aliphatic carbocycles. The van der Waals surface area contributed by atoms with Gasteiger partial charge in [-0.25, -0.2) is 0 Å². The van der Waals surface area contributed by atoms with E-state index < -0.39 is 0 Å². The number of aryl methyl sites for hydroxylation is 2. The van der Waals surface area contributed by atoms with Crippen molar-refractivity contribution < 1.29 is 0 Å². The predicted octanol–water partition coefficient (Wildman–Crippen LogP) is 3.82. The molecule has 0 radical (unpaired) electrons. The second-order valence-electron chi connectivity index (χ2n) is 4.77. The number of alkyl halides is 1. The summed E-state index contributed by atoms with van der Waals surface area (Å²) in [6, 6.07) is 0. The summed E-state index contributed by atoms with van der Waals surface area (Å²) in [5.41, 5.74) is 2.14. The fourth-order valence-corrected chi connectivity index (χ4v) is 2.70. The lowest BCUT2D eigenvalue weighted by Crippen LogP contribution is -2.21. The first-order valence-electron chi connectivity index (χ1n) is 5.66. The maximum Gasteiger partial charge on any atom is 0.130 e. The monoisotopic (exact) mass is 262 g/mol. The Morgan fingerprint density at radius 1 is 1.31 bits per heavy atom. The molecule has 2 nitrogen and oxygen atoms in total. The summed E-state index contributed by atoms with van der Waals surface area (Å²) in [4.78, 5) is 0. The Labute approximate surface area is 108 Å². The number of rotatable bonds is 4. The Bertz CT molecular complexity index is 348. The van der Waals surface area contributed by atoms with Gasteiger partial charge in [-0.2, -0.15) is 5.10 Å². The molecule has 4 heteroatoms. The molecule has 0 aliphatic rings. The van der Waals surface area contributed by atoms with Gasteiger partial charge in [-0.1, -0.05) is 25.4 Å². The van der Waals surface area contributed by atoms with Gasteiger partial charge in [0.1, 0.15) is 5.15 Å². The molecule has 0 fully saturated rings. The van der Waals surface area contributed by atoms with Crippen molar-refractivity contribution in [3.05, 3.63) is 16.4 Å². The molecule has 0 aromatic carbocycles. The second kappa shape index (κ2) is 5.42. The number of aromatic nitrogens is 2. The minimum Gasteiger partial charge on any atom is -0.257 e. The zero-order valence-electron chi connectivity index (χ0n) is 10.6. The summed E-state index contributed by atoms with van der Waals surface area (Å²) in [7, 11) is 1.87. The highest BCUT2D eigenvalue weighted by Gasteiger charge is 2.23. The van der Waals surface area contributed by atoms with Crippen LogP contribution in [0, 0.1) is 18.8 Å². The molecule has 0 N–H and O–H groups in total. The van der Waals surface area contributed by atoms with E-state index in [0.717, 1.165) is 22.8 Å². The van der Waals surface area contributed by atoms with Crippen molar-refractivity contribution in [2.45, 2.75) is 39.5 Å². The third kappa shape index (κ3) is 2.92. The normalized spacial score (nSPS) is 15.5. The summed E-state index contributed by atoms with van der Waals surface area (Å²) in [5, 5.41) is 5.21. The lowest BCUT2D eigenvalue weighted by Gasteiger charge is -2.23. The molecular formula is C12H20Cl2N2. The molecule has 16 heavy (non-hydrogen) atoms. The van der Waals surface area contributed by atoms with Crippen molar-refractivity contribution >= 4 is 23.2 Å². The Kier molecular flexibility index (Phi) is 4.69. The standard InChI is InChI=1S/C12H20Cl2N2/c1-7(2)10(8(3)13)6-11-9(4)15-16(5)12(11)14/h7-8,10H,6H2,1-5H3. The fourth-order valence-electron chi connectivity index (χ4n) is 2.07. The molecule has 0 saturated heterocycles. The van der Waals surface area contributed by atoms with Gasteiger partial charge < -0.3 is 0 Å². The van der Waals surface area contributed by atoms with E-state index in [4.69, 9.17) is 23.2 Å². The minimum absolute atomic E-state index is 0.149. The summed E-state index contributed by atoms with van der Waals surface area (Å²) < 4.78 is 1.72. The maximum absolute atomic E-state index is 6.23. The van der Waals surface area contributed by atoms with Crippen molar-refractivity contribution in [1.29, 1.82) is 0 Å².